The minimum atomic E-state index is -0.391. The molecular weight excluding hydrogens is 372 g/mol. The smallest absolute Gasteiger partial charge is 0.266 e. The Labute approximate surface area is 166 Å². The van der Waals surface area contributed by atoms with Crippen LogP contribution in [0, 0.1) is 32.1 Å². The maximum absolute atomic E-state index is 12.4. The summed E-state index contributed by atoms with van der Waals surface area (Å²) in [5, 5.41) is 14.5. The highest BCUT2D eigenvalue weighted by Gasteiger charge is 2.14. The van der Waals surface area contributed by atoms with Crippen LogP contribution >= 0.6 is 11.3 Å². The monoisotopic (exact) mass is 392 g/mol. The number of aromatic nitrogens is 2. The van der Waals surface area contributed by atoms with Gasteiger partial charge in [0.2, 0.25) is 5.91 Å². The number of hydrogen-bond donors (Lipinski definition) is 2. The standard InChI is InChI=1S/C21H20N4O2S/c1-12-6-4-5-7-15(12)18-11-28-21(24-18)25-19(26)9-8-16-13(2)17(10-22)20(27)23-14(16)3/h4-7,11H,8-9H2,1-3H3,(H,23,27)(H,24,25,26). The minimum absolute atomic E-state index is 0.101. The van der Waals surface area contributed by atoms with Gasteiger partial charge in [-0.2, -0.15) is 5.26 Å². The molecule has 0 aliphatic heterocycles. The first-order valence-electron chi connectivity index (χ1n) is 8.84. The Bertz CT molecular complexity index is 1140. The van der Waals surface area contributed by atoms with E-state index in [0.29, 0.717) is 22.8 Å². The van der Waals surface area contributed by atoms with Crippen LogP contribution in [-0.4, -0.2) is 15.9 Å². The van der Waals surface area contributed by atoms with E-state index in [1.54, 1.807) is 13.8 Å². The molecule has 0 radical (unpaired) electrons. The third kappa shape index (κ3) is 4.02. The van der Waals surface area contributed by atoms with Crippen molar-refractivity contribution in [2.45, 2.75) is 33.6 Å². The zero-order valence-electron chi connectivity index (χ0n) is 15.9. The van der Waals surface area contributed by atoms with E-state index in [2.05, 4.69) is 15.3 Å². The van der Waals surface area contributed by atoms with Gasteiger partial charge in [-0.05, 0) is 43.9 Å². The second kappa shape index (κ2) is 8.19. The third-order valence-electron chi connectivity index (χ3n) is 4.69. The van der Waals surface area contributed by atoms with Gasteiger partial charge in [-0.3, -0.25) is 9.59 Å². The number of anilines is 1. The molecule has 6 nitrogen and oxygen atoms in total. The van der Waals surface area contributed by atoms with Gasteiger partial charge in [-0.1, -0.05) is 24.3 Å². The molecule has 28 heavy (non-hydrogen) atoms. The molecule has 0 aliphatic rings. The Balaban J connectivity index is 1.69. The fourth-order valence-electron chi connectivity index (χ4n) is 3.16. The van der Waals surface area contributed by atoms with Crippen LogP contribution in [-0.2, 0) is 11.2 Å². The number of benzene rings is 1. The van der Waals surface area contributed by atoms with Crippen molar-refractivity contribution in [1.29, 1.82) is 5.26 Å². The van der Waals surface area contributed by atoms with Crippen LogP contribution in [0.15, 0.2) is 34.4 Å². The van der Waals surface area contributed by atoms with Gasteiger partial charge in [0, 0.05) is 23.1 Å². The zero-order valence-corrected chi connectivity index (χ0v) is 16.7. The van der Waals surface area contributed by atoms with E-state index in [1.807, 2.05) is 42.6 Å². The van der Waals surface area contributed by atoms with Gasteiger partial charge in [-0.15, -0.1) is 11.3 Å². The number of carbonyl (C=O) groups is 1. The highest BCUT2D eigenvalue weighted by Crippen LogP contribution is 2.27. The zero-order chi connectivity index (χ0) is 20.3. The Kier molecular flexibility index (Phi) is 5.71. The molecule has 3 aromatic rings. The SMILES string of the molecule is Cc1ccccc1-c1csc(NC(=O)CCc2c(C)[nH]c(=O)c(C#N)c2C)n1. The maximum Gasteiger partial charge on any atom is 0.266 e. The predicted molar refractivity (Wildman–Crippen MR) is 110 cm³/mol. The van der Waals surface area contributed by atoms with E-state index >= 15 is 0 Å². The van der Waals surface area contributed by atoms with Crippen LogP contribution in [0.5, 0.6) is 0 Å². The van der Waals surface area contributed by atoms with Gasteiger partial charge in [0.1, 0.15) is 11.6 Å². The Morgan fingerprint density at radius 2 is 2.04 bits per heavy atom. The molecule has 2 heterocycles. The summed E-state index contributed by atoms with van der Waals surface area (Å²) in [4.78, 5) is 31.3. The van der Waals surface area contributed by atoms with Crippen molar-refractivity contribution in [2.24, 2.45) is 0 Å². The molecule has 0 fully saturated rings. The lowest BCUT2D eigenvalue weighted by Crippen LogP contribution is -2.18. The average molecular weight is 392 g/mol. The molecule has 3 rings (SSSR count). The molecule has 0 spiro atoms. The van der Waals surface area contributed by atoms with Crippen LogP contribution in [0.1, 0.15) is 34.4 Å². The van der Waals surface area contributed by atoms with Gasteiger partial charge in [0.15, 0.2) is 5.13 Å². The molecule has 2 aromatic heterocycles. The van der Waals surface area contributed by atoms with Crippen LogP contribution in [0.3, 0.4) is 0 Å². The van der Waals surface area contributed by atoms with Gasteiger partial charge in [0.25, 0.3) is 5.56 Å². The van der Waals surface area contributed by atoms with Crippen LogP contribution in [0.4, 0.5) is 5.13 Å². The van der Waals surface area contributed by atoms with Gasteiger partial charge >= 0.3 is 0 Å². The number of amides is 1. The first kappa shape index (κ1) is 19.5. The third-order valence-corrected chi connectivity index (χ3v) is 5.45. The number of hydrogen-bond acceptors (Lipinski definition) is 5. The number of carbonyl (C=O) groups excluding carboxylic acids is 1. The number of aryl methyl sites for hydroxylation is 2. The van der Waals surface area contributed by atoms with Crippen LogP contribution < -0.4 is 10.9 Å². The molecule has 0 unspecified atom stereocenters. The lowest BCUT2D eigenvalue weighted by Gasteiger charge is -2.10. The fourth-order valence-corrected chi connectivity index (χ4v) is 3.88. The number of pyridine rings is 1. The summed E-state index contributed by atoms with van der Waals surface area (Å²) in [5.74, 6) is -0.158. The second-order valence-electron chi connectivity index (χ2n) is 6.57. The summed E-state index contributed by atoms with van der Waals surface area (Å²) in [6, 6.07) is 9.90. The van der Waals surface area contributed by atoms with E-state index in [0.717, 1.165) is 22.4 Å². The highest BCUT2D eigenvalue weighted by atomic mass is 32.1. The van der Waals surface area contributed by atoms with E-state index in [4.69, 9.17) is 5.26 Å². The lowest BCUT2D eigenvalue weighted by atomic mass is 9.99. The molecule has 0 aliphatic carbocycles. The number of aromatic amines is 1. The van der Waals surface area contributed by atoms with E-state index < -0.39 is 5.56 Å². The van der Waals surface area contributed by atoms with E-state index in [1.165, 1.54) is 11.3 Å². The van der Waals surface area contributed by atoms with Crippen molar-refractivity contribution >= 4 is 22.4 Å². The van der Waals surface area contributed by atoms with Gasteiger partial charge in [0.05, 0.1) is 5.69 Å². The van der Waals surface area contributed by atoms with E-state index in [-0.39, 0.29) is 17.9 Å². The first-order valence-corrected chi connectivity index (χ1v) is 9.72. The number of nitrogens with one attached hydrogen (secondary N) is 2. The number of H-pyrrole nitrogens is 1. The van der Waals surface area contributed by atoms with Crippen molar-refractivity contribution in [2.75, 3.05) is 5.32 Å². The molecule has 0 saturated carbocycles. The maximum atomic E-state index is 12.4. The molecular formula is C21H20N4O2S. The van der Waals surface area contributed by atoms with Crippen molar-refractivity contribution in [3.05, 3.63) is 67.9 Å². The average Bonchev–Trinajstić information content (AvgIpc) is 3.10. The lowest BCUT2D eigenvalue weighted by molar-refractivity contribution is -0.116. The Morgan fingerprint density at radius 1 is 1.29 bits per heavy atom. The summed E-state index contributed by atoms with van der Waals surface area (Å²) in [7, 11) is 0. The molecule has 7 heteroatoms. The largest absolute Gasteiger partial charge is 0.325 e. The van der Waals surface area contributed by atoms with Crippen LogP contribution in [0.2, 0.25) is 0 Å². The van der Waals surface area contributed by atoms with Crippen molar-refractivity contribution in [1.82, 2.24) is 9.97 Å². The van der Waals surface area contributed by atoms with E-state index in [9.17, 15) is 9.59 Å². The summed E-state index contributed by atoms with van der Waals surface area (Å²) >= 11 is 1.38. The van der Waals surface area contributed by atoms with Gasteiger partial charge in [-0.25, -0.2) is 4.98 Å². The predicted octanol–water partition coefficient (Wildman–Crippen LogP) is 3.87. The topological polar surface area (TPSA) is 98.6 Å². The molecule has 142 valence electrons. The Morgan fingerprint density at radius 3 is 2.75 bits per heavy atom. The summed E-state index contributed by atoms with van der Waals surface area (Å²) < 4.78 is 0. The highest BCUT2D eigenvalue weighted by molar-refractivity contribution is 7.14. The van der Waals surface area contributed by atoms with Crippen molar-refractivity contribution < 1.29 is 4.79 Å². The van der Waals surface area contributed by atoms with Crippen LogP contribution in [0.25, 0.3) is 11.3 Å². The van der Waals surface area contributed by atoms with Crippen molar-refractivity contribution in [3.8, 4) is 17.3 Å². The summed E-state index contributed by atoms with van der Waals surface area (Å²) in [6.45, 7) is 5.54. The molecule has 1 amide bonds. The molecule has 0 saturated heterocycles. The fraction of sp³-hybridized carbons (Fsp3) is 0.238. The normalized spacial score (nSPS) is 10.5. The summed E-state index contributed by atoms with van der Waals surface area (Å²) in [6.07, 6.45) is 0.670. The molecule has 0 bridgehead atoms. The molecule has 1 aromatic carbocycles. The number of nitriles is 1. The molecule has 0 atom stereocenters. The number of thiazole rings is 1. The quantitative estimate of drug-likeness (QED) is 0.688. The van der Waals surface area contributed by atoms with Crippen molar-refractivity contribution in [3.63, 3.8) is 0 Å². The summed E-state index contributed by atoms with van der Waals surface area (Å²) in [5.41, 5.74) is 4.86. The first-order chi connectivity index (χ1) is 13.4. The van der Waals surface area contributed by atoms with Gasteiger partial charge < -0.3 is 10.3 Å². The molecule has 2 N–H and O–H groups in total. The number of nitrogens with zero attached hydrogens (tertiary/aromatic N) is 2. The number of rotatable bonds is 5. The minimum Gasteiger partial charge on any atom is -0.325 e. The Hall–Kier alpha value is -3.24. The second-order valence-corrected chi connectivity index (χ2v) is 7.43.